The molecule has 0 saturated carbocycles. The fraction of sp³-hybridized carbons (Fsp3) is 1.00. The van der Waals surface area contributed by atoms with E-state index in [1.165, 1.54) is 0 Å². The summed E-state index contributed by atoms with van der Waals surface area (Å²) in [4.78, 5) is 0. The number of alkyl halides is 13. The van der Waals surface area contributed by atoms with Crippen LogP contribution >= 0.6 is 0 Å². The number of ether oxygens (including phenoxy) is 2. The molecule has 14 nitrogen and oxygen atoms in total. The zero-order valence-electron chi connectivity index (χ0n) is 31.3. The number of hydrogen-bond acceptors (Lipinski definition) is 14. The lowest BCUT2D eigenvalue weighted by Gasteiger charge is -2.28. The van der Waals surface area contributed by atoms with Crippen molar-refractivity contribution in [3.8, 4) is 0 Å². The van der Waals surface area contributed by atoms with E-state index in [0.29, 0.717) is 28.5 Å². The molecule has 0 bridgehead atoms. The number of hydrogen-bond donors (Lipinski definition) is 0. The van der Waals surface area contributed by atoms with Gasteiger partial charge in [0.15, 0.2) is 0 Å². The lowest BCUT2D eigenvalue weighted by Crippen LogP contribution is -2.47. The molecule has 0 aromatic heterocycles. The molecule has 0 N–H and O–H groups in total. The number of halogens is 19. The molecule has 0 radical (unpaired) electrons. The SMILES string of the molecule is C.C.C.C.C.C.CC(F)(F)CC(CS(=O)(=O)F)CS(=O)(=O)F.CC(F)(F)CC(F)(F)OC(F)(CS(=O)(=O)F)CS(=O)(=O)F.CC(F)(F)COC(F)(CS(=O)(=O)F)CS(=O)(=O)F.CF.CF.CF. The Labute approximate surface area is 383 Å². The Bertz CT molecular complexity index is 1820. The van der Waals surface area contributed by atoms with Gasteiger partial charge in [0.05, 0.1) is 33.0 Å². The minimum Gasteiger partial charge on any atom is -0.338 e. The van der Waals surface area contributed by atoms with E-state index in [4.69, 9.17) is 0 Å². The smallest absolute Gasteiger partial charge is 0.338 e. The molecular formula is C28H61F19O14S6. The van der Waals surface area contributed by atoms with E-state index >= 15 is 0 Å². The van der Waals surface area contributed by atoms with E-state index in [-0.39, 0.29) is 58.4 Å². The van der Waals surface area contributed by atoms with Crippen molar-refractivity contribution in [2.45, 2.75) is 114 Å². The molecule has 0 aliphatic rings. The van der Waals surface area contributed by atoms with Crippen LogP contribution in [0.5, 0.6) is 0 Å². The lowest BCUT2D eigenvalue weighted by molar-refractivity contribution is -0.334. The molecule has 0 aromatic carbocycles. The van der Waals surface area contributed by atoms with Crippen LogP contribution in [0.2, 0.25) is 0 Å². The summed E-state index contributed by atoms with van der Waals surface area (Å²) in [5.74, 6) is -34.0. The Morgan fingerprint density at radius 1 is 0.388 bits per heavy atom. The first-order valence-corrected chi connectivity index (χ1v) is 23.5. The summed E-state index contributed by atoms with van der Waals surface area (Å²) in [6.45, 7) is -1.12. The maximum atomic E-state index is 13.7. The summed E-state index contributed by atoms with van der Waals surface area (Å²) in [5.41, 5.74) is 0. The fourth-order valence-electron chi connectivity index (χ4n) is 3.41. The Kier molecular flexibility index (Phi) is 51.4. The van der Waals surface area contributed by atoms with Gasteiger partial charge in [-0.3, -0.25) is 17.9 Å². The second-order valence-corrected chi connectivity index (χ2v) is 19.7. The highest BCUT2D eigenvalue weighted by Crippen LogP contribution is 2.36. The predicted octanol–water partition coefficient (Wildman–Crippen LogP) is 9.65. The fourth-order valence-corrected chi connectivity index (χ4v) is 8.17. The van der Waals surface area contributed by atoms with E-state index in [0.717, 1.165) is 0 Å². The standard InChI is InChI=1S/C7H9F7O5S2.C6H9F5O5S2.C6H10F4O4S2.3CH3F.6CH4/c1-5(8,9)2-7(11,12)19-6(10,3-20(13,15)16)4-21(14,17)18;1-5(7,8)2-16-6(9,3-17(10,12)13)4-18(11,14)15;1-6(7,8)2-5(3-15(9,11)12)4-16(10,13)14;3*1-2;;;;;;/h2-4H2,1H3;2-4H2,1H3;5H,2-4H2,1H3;3*1H3;6*1H4. The maximum absolute atomic E-state index is 13.7. The van der Waals surface area contributed by atoms with Crippen molar-refractivity contribution in [3.05, 3.63) is 0 Å². The van der Waals surface area contributed by atoms with E-state index in [1.54, 1.807) is 0 Å². The van der Waals surface area contributed by atoms with Gasteiger partial charge in [0, 0.05) is 13.3 Å². The molecule has 0 unspecified atom stereocenters. The Balaban J connectivity index is -0.0000000617. The first kappa shape index (κ1) is 95.0. The van der Waals surface area contributed by atoms with Gasteiger partial charge >= 0.3 is 67.4 Å². The van der Waals surface area contributed by atoms with Gasteiger partial charge in [0.1, 0.15) is 36.0 Å². The van der Waals surface area contributed by atoms with Gasteiger partial charge in [0.25, 0.3) is 11.8 Å². The van der Waals surface area contributed by atoms with Crippen molar-refractivity contribution >= 4 is 61.3 Å². The van der Waals surface area contributed by atoms with Crippen LogP contribution in [0.3, 0.4) is 0 Å². The zero-order valence-corrected chi connectivity index (χ0v) is 36.2. The van der Waals surface area contributed by atoms with Gasteiger partial charge in [-0.1, -0.05) is 44.6 Å². The Morgan fingerprint density at radius 3 is 0.806 bits per heavy atom. The highest BCUT2D eigenvalue weighted by Gasteiger charge is 2.52. The van der Waals surface area contributed by atoms with Crippen LogP contribution < -0.4 is 0 Å². The molecule has 67 heavy (non-hydrogen) atoms. The highest BCUT2D eigenvalue weighted by atomic mass is 32.3. The summed E-state index contributed by atoms with van der Waals surface area (Å²) < 4.78 is 359. The molecule has 0 amide bonds. The van der Waals surface area contributed by atoms with Crippen LogP contribution in [0.1, 0.15) is 78.2 Å². The average molecular weight is 1180 g/mol. The third-order valence-corrected chi connectivity index (χ3v) is 9.34. The van der Waals surface area contributed by atoms with Crippen molar-refractivity contribution in [1.29, 1.82) is 0 Å². The maximum Gasteiger partial charge on any atom is 0.364 e. The van der Waals surface area contributed by atoms with Gasteiger partial charge in [0.2, 0.25) is 17.6 Å². The third-order valence-electron chi connectivity index (χ3n) is 4.50. The molecule has 0 saturated heterocycles. The van der Waals surface area contributed by atoms with Crippen LogP contribution in [-0.4, -0.2) is 149 Å². The molecule has 0 rings (SSSR count). The molecule has 39 heteroatoms. The van der Waals surface area contributed by atoms with Crippen molar-refractivity contribution in [1.82, 2.24) is 0 Å². The first-order valence-electron chi connectivity index (χ1n) is 14.1. The lowest BCUT2D eigenvalue weighted by atomic mass is 10.1. The average Bonchev–Trinajstić information content (AvgIpc) is 2.86. The van der Waals surface area contributed by atoms with E-state index < -0.39 is 157 Å². The molecule has 0 heterocycles. The van der Waals surface area contributed by atoms with Crippen molar-refractivity contribution in [3.63, 3.8) is 0 Å². The van der Waals surface area contributed by atoms with E-state index in [2.05, 4.69) is 9.47 Å². The second kappa shape index (κ2) is 36.2. The largest absolute Gasteiger partial charge is 0.364 e. The second-order valence-electron chi connectivity index (χ2n) is 11.4. The van der Waals surface area contributed by atoms with E-state index in [9.17, 15) is 131 Å². The molecular weight excluding hydrogens is 1110 g/mol. The Hall–Kier alpha value is -1.71. The van der Waals surface area contributed by atoms with Gasteiger partial charge in [-0.05, 0) is 19.8 Å². The topological polar surface area (TPSA) is 223 Å². The van der Waals surface area contributed by atoms with Crippen LogP contribution in [0.25, 0.3) is 0 Å². The monoisotopic (exact) mass is 1170 g/mol. The van der Waals surface area contributed by atoms with Crippen molar-refractivity contribution < 1.29 is 140 Å². The normalized spacial score (nSPS) is 12.4. The van der Waals surface area contributed by atoms with Gasteiger partial charge in [-0.25, -0.2) is 35.1 Å². The number of rotatable bonds is 21. The van der Waals surface area contributed by atoms with Gasteiger partial charge < -0.3 is 4.74 Å². The summed E-state index contributed by atoms with van der Waals surface area (Å²) in [7, 11) is -31.8. The van der Waals surface area contributed by atoms with Crippen LogP contribution in [0.15, 0.2) is 0 Å². The van der Waals surface area contributed by atoms with Crippen LogP contribution in [0.4, 0.5) is 80.4 Å². The van der Waals surface area contributed by atoms with Crippen LogP contribution in [-0.2, 0) is 70.8 Å². The molecule has 0 aliphatic carbocycles. The summed E-state index contributed by atoms with van der Waals surface area (Å²) in [6.07, 6.45) is -8.77. The first-order chi connectivity index (χ1) is 26.2. The molecule has 0 spiro atoms. The third kappa shape index (κ3) is 78.7. The minimum absolute atomic E-state index is 0. The quantitative estimate of drug-likeness (QED) is 0.0771. The molecule has 0 atom stereocenters. The summed E-state index contributed by atoms with van der Waals surface area (Å²) in [5, 5.41) is 0. The highest BCUT2D eigenvalue weighted by molar-refractivity contribution is 7.88. The van der Waals surface area contributed by atoms with Gasteiger partial charge in [-0.2, -0.15) is 59.3 Å². The van der Waals surface area contributed by atoms with Crippen LogP contribution in [0, 0.1) is 5.92 Å². The predicted molar refractivity (Wildman–Crippen MR) is 215 cm³/mol. The van der Waals surface area contributed by atoms with Gasteiger partial charge in [-0.15, -0.1) is 23.3 Å². The molecule has 426 valence electrons. The Morgan fingerprint density at radius 2 is 0.627 bits per heavy atom. The molecule has 0 aliphatic heterocycles. The summed E-state index contributed by atoms with van der Waals surface area (Å²) in [6, 6.07) is 0. The van der Waals surface area contributed by atoms with Crippen molar-refractivity contribution in [2.75, 3.05) is 62.7 Å². The molecule has 0 fully saturated rings. The van der Waals surface area contributed by atoms with Crippen molar-refractivity contribution in [2.24, 2.45) is 5.92 Å². The molecule has 0 aromatic rings. The summed E-state index contributed by atoms with van der Waals surface area (Å²) >= 11 is 0. The van der Waals surface area contributed by atoms with E-state index in [1.807, 2.05) is 0 Å². The zero-order chi connectivity index (χ0) is 51.4. The minimum atomic E-state index is -5.92.